The molecule has 0 bridgehead atoms. The number of hydrogen-bond donors (Lipinski definition) is 2. The van der Waals surface area contributed by atoms with Gasteiger partial charge in [0.1, 0.15) is 6.04 Å². The number of aryl methyl sites for hydroxylation is 1. The molecule has 1 aromatic heterocycles. The predicted molar refractivity (Wildman–Crippen MR) is 122 cm³/mol. The molecule has 2 amide bonds. The lowest BCUT2D eigenvalue weighted by molar-refractivity contribution is -0.129. The van der Waals surface area contributed by atoms with E-state index in [1.165, 1.54) is 0 Å². The molecule has 0 fully saturated rings. The summed E-state index contributed by atoms with van der Waals surface area (Å²) in [6, 6.07) is 1.22. The van der Waals surface area contributed by atoms with Crippen LogP contribution in [-0.2, 0) is 14.0 Å². The number of rotatable bonds is 9. The van der Waals surface area contributed by atoms with Gasteiger partial charge in [-0.25, -0.2) is 0 Å². The molecule has 29 heavy (non-hydrogen) atoms. The van der Waals surface area contributed by atoms with E-state index < -0.39 is 14.4 Å². The molecule has 6 nitrogen and oxygen atoms in total. The molecule has 7 heteroatoms. The summed E-state index contributed by atoms with van der Waals surface area (Å²) in [6.45, 7) is 16.5. The number of carbonyl (C=O) groups is 2. The Morgan fingerprint density at radius 2 is 2.00 bits per heavy atom. The summed E-state index contributed by atoms with van der Waals surface area (Å²) < 4.78 is 6.12. The van der Waals surface area contributed by atoms with Crippen molar-refractivity contribution in [3.8, 4) is 0 Å². The number of nitrogens with zero attached hydrogens (tertiary/aromatic N) is 1. The van der Waals surface area contributed by atoms with Crippen LogP contribution in [0.15, 0.2) is 24.9 Å². The van der Waals surface area contributed by atoms with Gasteiger partial charge in [0.05, 0.1) is 12.3 Å². The molecule has 2 N–H and O–H groups in total. The first-order valence-corrected chi connectivity index (χ1v) is 12.7. The zero-order valence-electron chi connectivity index (χ0n) is 18.8. The molecular formula is C22H35N3O3Si. The second kappa shape index (κ2) is 10.5. The first-order chi connectivity index (χ1) is 13.4. The number of carbonyl (C=O) groups excluding carboxylic acids is 2. The molecule has 1 atom stereocenters. The van der Waals surface area contributed by atoms with Crippen molar-refractivity contribution >= 4 is 32.3 Å². The Morgan fingerprint density at radius 3 is 2.52 bits per heavy atom. The number of pyridine rings is 1. The van der Waals surface area contributed by atoms with Crippen molar-refractivity contribution < 1.29 is 14.0 Å². The van der Waals surface area contributed by atoms with Gasteiger partial charge in [0.25, 0.3) is 0 Å². The van der Waals surface area contributed by atoms with Gasteiger partial charge in [0.2, 0.25) is 11.8 Å². The summed E-state index contributed by atoms with van der Waals surface area (Å²) in [4.78, 5) is 28.8. The van der Waals surface area contributed by atoms with Gasteiger partial charge in [-0.15, -0.1) is 0 Å². The van der Waals surface area contributed by atoms with Crippen molar-refractivity contribution in [2.75, 3.05) is 13.7 Å². The van der Waals surface area contributed by atoms with Gasteiger partial charge in [-0.05, 0) is 48.3 Å². The normalized spacial score (nSPS) is 13.2. The van der Waals surface area contributed by atoms with Gasteiger partial charge < -0.3 is 15.1 Å². The molecule has 0 aliphatic rings. The standard InChI is InChI=1S/C22H35N3O3Si/c1-9-17-14-24-18(13-16(17)2)11-10-12-20(26)25-19(21(27)23-6)15-28-29(7,8)22(3,4)5/h9-11,13-14,19H,1,12,15H2,2-8H3,(H,23,27)(H,25,26). The van der Waals surface area contributed by atoms with E-state index in [4.69, 9.17) is 4.43 Å². The second-order valence-electron chi connectivity index (χ2n) is 8.58. The number of aromatic nitrogens is 1. The third kappa shape index (κ3) is 7.59. The second-order valence-corrected chi connectivity index (χ2v) is 13.4. The van der Waals surface area contributed by atoms with Gasteiger partial charge in [0, 0.05) is 19.7 Å². The third-order valence-corrected chi connectivity index (χ3v) is 9.80. The van der Waals surface area contributed by atoms with E-state index in [9.17, 15) is 9.59 Å². The van der Waals surface area contributed by atoms with Crippen LogP contribution in [-0.4, -0.2) is 44.8 Å². The quantitative estimate of drug-likeness (QED) is 0.601. The minimum atomic E-state index is -2.02. The molecule has 0 radical (unpaired) electrons. The molecule has 0 spiro atoms. The zero-order valence-corrected chi connectivity index (χ0v) is 19.8. The van der Waals surface area contributed by atoms with Gasteiger partial charge in [0.15, 0.2) is 8.32 Å². The van der Waals surface area contributed by atoms with Gasteiger partial charge in [-0.3, -0.25) is 14.6 Å². The lowest BCUT2D eigenvalue weighted by atomic mass is 10.1. The average Bonchev–Trinajstić information content (AvgIpc) is 2.63. The Morgan fingerprint density at radius 1 is 1.34 bits per heavy atom. The summed E-state index contributed by atoms with van der Waals surface area (Å²) in [5.41, 5.74) is 2.82. The van der Waals surface area contributed by atoms with Gasteiger partial charge in [-0.2, -0.15) is 0 Å². The topological polar surface area (TPSA) is 80.3 Å². The van der Waals surface area contributed by atoms with Gasteiger partial charge in [-0.1, -0.05) is 39.5 Å². The average molecular weight is 418 g/mol. The summed E-state index contributed by atoms with van der Waals surface area (Å²) in [7, 11) is -0.470. The fraction of sp³-hybridized carbons (Fsp3) is 0.500. The van der Waals surface area contributed by atoms with E-state index in [1.807, 2.05) is 13.0 Å². The fourth-order valence-electron chi connectivity index (χ4n) is 2.30. The Bertz CT molecular complexity index is 767. The molecule has 160 valence electrons. The first-order valence-electron chi connectivity index (χ1n) is 9.82. The SMILES string of the molecule is C=Cc1cnc(C=CCC(=O)NC(CO[Si](C)(C)C(C)(C)C)C(=O)NC)cc1C. The van der Waals surface area contributed by atoms with E-state index in [-0.39, 0.29) is 29.9 Å². The maximum atomic E-state index is 12.3. The highest BCUT2D eigenvalue weighted by Crippen LogP contribution is 2.36. The Balaban J connectivity index is 2.70. The van der Waals surface area contributed by atoms with E-state index in [1.54, 1.807) is 31.5 Å². The third-order valence-electron chi connectivity index (χ3n) is 5.30. The molecule has 0 aliphatic heterocycles. The zero-order chi connectivity index (χ0) is 22.2. The van der Waals surface area contributed by atoms with Crippen molar-refractivity contribution in [3.05, 3.63) is 41.7 Å². The van der Waals surface area contributed by atoms with Crippen molar-refractivity contribution in [1.82, 2.24) is 15.6 Å². The molecule has 1 unspecified atom stereocenters. The van der Waals surface area contributed by atoms with Crippen LogP contribution in [0.3, 0.4) is 0 Å². The number of amides is 2. The minimum absolute atomic E-state index is 0.0270. The molecule has 1 aromatic rings. The van der Waals surface area contributed by atoms with Crippen LogP contribution in [0.2, 0.25) is 18.1 Å². The molecule has 1 rings (SSSR count). The molecule has 1 heterocycles. The smallest absolute Gasteiger partial charge is 0.244 e. The van der Waals surface area contributed by atoms with Crippen LogP contribution < -0.4 is 10.6 Å². The summed E-state index contributed by atoms with van der Waals surface area (Å²) in [6.07, 6.45) is 7.19. The monoisotopic (exact) mass is 417 g/mol. The van der Waals surface area contributed by atoms with Crippen LogP contribution in [0, 0.1) is 6.92 Å². The molecule has 0 saturated carbocycles. The van der Waals surface area contributed by atoms with E-state index in [2.05, 4.69) is 56.1 Å². The predicted octanol–water partition coefficient (Wildman–Crippen LogP) is 3.69. The maximum absolute atomic E-state index is 12.3. The van der Waals surface area contributed by atoms with E-state index in [0.717, 1.165) is 16.8 Å². The number of nitrogens with one attached hydrogen (secondary N) is 2. The Hall–Kier alpha value is -2.25. The molecule has 0 saturated heterocycles. The number of likely N-dealkylation sites (N-methyl/N-ethyl adjacent to an activating group) is 1. The summed E-state index contributed by atoms with van der Waals surface area (Å²) in [5, 5.41) is 5.39. The Labute approximate surface area is 176 Å². The highest BCUT2D eigenvalue weighted by atomic mass is 28.4. The van der Waals surface area contributed by atoms with Crippen molar-refractivity contribution in [2.24, 2.45) is 0 Å². The lowest BCUT2D eigenvalue weighted by Crippen LogP contribution is -2.51. The maximum Gasteiger partial charge on any atom is 0.244 e. The van der Waals surface area contributed by atoms with Crippen LogP contribution >= 0.6 is 0 Å². The van der Waals surface area contributed by atoms with E-state index >= 15 is 0 Å². The summed E-state index contributed by atoms with van der Waals surface area (Å²) >= 11 is 0. The summed E-state index contributed by atoms with van der Waals surface area (Å²) in [5.74, 6) is -0.508. The molecular weight excluding hydrogens is 382 g/mol. The largest absolute Gasteiger partial charge is 0.414 e. The van der Waals surface area contributed by atoms with Crippen LogP contribution in [0.5, 0.6) is 0 Å². The van der Waals surface area contributed by atoms with Crippen LogP contribution in [0.25, 0.3) is 12.2 Å². The van der Waals surface area contributed by atoms with Crippen molar-refractivity contribution in [1.29, 1.82) is 0 Å². The fourth-order valence-corrected chi connectivity index (χ4v) is 3.31. The number of hydrogen-bond acceptors (Lipinski definition) is 4. The van der Waals surface area contributed by atoms with Crippen molar-refractivity contribution in [2.45, 2.75) is 58.3 Å². The van der Waals surface area contributed by atoms with Crippen molar-refractivity contribution in [3.63, 3.8) is 0 Å². The minimum Gasteiger partial charge on any atom is -0.414 e. The highest BCUT2D eigenvalue weighted by molar-refractivity contribution is 6.74. The van der Waals surface area contributed by atoms with Crippen LogP contribution in [0.4, 0.5) is 0 Å². The first kappa shape index (κ1) is 24.8. The molecule has 0 aromatic carbocycles. The Kier molecular flexibility index (Phi) is 8.98. The lowest BCUT2D eigenvalue weighted by Gasteiger charge is -2.37. The highest BCUT2D eigenvalue weighted by Gasteiger charge is 2.38. The van der Waals surface area contributed by atoms with Gasteiger partial charge >= 0.3 is 0 Å². The van der Waals surface area contributed by atoms with Crippen LogP contribution in [0.1, 0.15) is 44.0 Å². The van der Waals surface area contributed by atoms with E-state index in [0.29, 0.717) is 0 Å². The molecule has 0 aliphatic carbocycles.